The van der Waals surface area contributed by atoms with Crippen LogP contribution in [-0.2, 0) is 25.9 Å². The molecular formula is C19H18Cl2N2. The zero-order chi connectivity index (χ0) is 15.8. The summed E-state index contributed by atoms with van der Waals surface area (Å²) < 4.78 is 2.42. The van der Waals surface area contributed by atoms with Gasteiger partial charge in [0.15, 0.2) is 0 Å². The molecule has 0 atom stereocenters. The number of nitrogens with zero attached hydrogens (tertiary/aromatic N) is 1. The van der Waals surface area contributed by atoms with Gasteiger partial charge in [0.2, 0.25) is 0 Å². The summed E-state index contributed by atoms with van der Waals surface area (Å²) in [6.45, 7) is 2.90. The maximum atomic E-state index is 6.53. The second kappa shape index (κ2) is 6.20. The van der Waals surface area contributed by atoms with E-state index >= 15 is 0 Å². The smallest absolute Gasteiger partial charge is 0.0675 e. The SMILES string of the molecule is Clc1ccc(CCn2c3c(c4cccc(Cl)c42)CNCC3)cc1. The second-order valence-electron chi connectivity index (χ2n) is 6.02. The second-order valence-corrected chi connectivity index (χ2v) is 6.86. The minimum Gasteiger partial charge on any atom is -0.343 e. The van der Waals surface area contributed by atoms with Crippen LogP contribution in [0.15, 0.2) is 42.5 Å². The highest BCUT2D eigenvalue weighted by atomic mass is 35.5. The van der Waals surface area contributed by atoms with E-state index in [2.05, 4.69) is 28.1 Å². The largest absolute Gasteiger partial charge is 0.343 e. The fourth-order valence-corrected chi connectivity index (χ4v) is 3.93. The number of fused-ring (bicyclic) bond motifs is 3. The van der Waals surface area contributed by atoms with E-state index in [1.54, 1.807) is 0 Å². The number of hydrogen-bond donors (Lipinski definition) is 1. The Labute approximate surface area is 146 Å². The third-order valence-corrected chi connectivity index (χ3v) is 5.19. The molecule has 1 aliphatic rings. The van der Waals surface area contributed by atoms with Gasteiger partial charge in [0.25, 0.3) is 0 Å². The van der Waals surface area contributed by atoms with E-state index in [4.69, 9.17) is 23.2 Å². The summed E-state index contributed by atoms with van der Waals surface area (Å²) in [6.07, 6.45) is 2.03. The molecular weight excluding hydrogens is 327 g/mol. The lowest BCUT2D eigenvalue weighted by atomic mass is 10.1. The van der Waals surface area contributed by atoms with E-state index in [1.165, 1.54) is 27.7 Å². The fourth-order valence-electron chi connectivity index (χ4n) is 3.53. The van der Waals surface area contributed by atoms with Crippen LogP contribution in [0.3, 0.4) is 0 Å². The molecule has 2 nitrogen and oxygen atoms in total. The normalized spacial score (nSPS) is 14.2. The van der Waals surface area contributed by atoms with Gasteiger partial charge in [-0.25, -0.2) is 0 Å². The van der Waals surface area contributed by atoms with Crippen LogP contribution in [-0.4, -0.2) is 11.1 Å². The molecule has 0 saturated carbocycles. The molecule has 0 unspecified atom stereocenters. The Morgan fingerprint density at radius 2 is 1.87 bits per heavy atom. The summed E-state index contributed by atoms with van der Waals surface area (Å²) in [5, 5.41) is 6.39. The molecule has 4 rings (SSSR count). The number of rotatable bonds is 3. The van der Waals surface area contributed by atoms with Crippen LogP contribution in [0, 0.1) is 0 Å². The van der Waals surface area contributed by atoms with E-state index in [-0.39, 0.29) is 0 Å². The quantitative estimate of drug-likeness (QED) is 0.719. The molecule has 0 amide bonds. The summed E-state index contributed by atoms with van der Waals surface area (Å²) in [6, 6.07) is 14.3. The molecule has 23 heavy (non-hydrogen) atoms. The van der Waals surface area contributed by atoms with Crippen LogP contribution < -0.4 is 5.32 Å². The van der Waals surface area contributed by atoms with Crippen molar-refractivity contribution in [3.8, 4) is 0 Å². The van der Waals surface area contributed by atoms with Crippen LogP contribution in [0.1, 0.15) is 16.8 Å². The van der Waals surface area contributed by atoms with Gasteiger partial charge in [0.1, 0.15) is 0 Å². The van der Waals surface area contributed by atoms with Gasteiger partial charge in [-0.3, -0.25) is 0 Å². The number of nitrogens with one attached hydrogen (secondary N) is 1. The van der Waals surface area contributed by atoms with Crippen LogP contribution in [0.5, 0.6) is 0 Å². The highest BCUT2D eigenvalue weighted by molar-refractivity contribution is 6.35. The third kappa shape index (κ3) is 2.76. The summed E-state index contributed by atoms with van der Waals surface area (Å²) >= 11 is 12.5. The van der Waals surface area contributed by atoms with Crippen molar-refractivity contribution in [1.82, 2.24) is 9.88 Å². The molecule has 0 bridgehead atoms. The van der Waals surface area contributed by atoms with Crippen molar-refractivity contribution in [2.24, 2.45) is 0 Å². The van der Waals surface area contributed by atoms with E-state index < -0.39 is 0 Å². The van der Waals surface area contributed by atoms with Crippen LogP contribution in [0.25, 0.3) is 10.9 Å². The van der Waals surface area contributed by atoms with Gasteiger partial charge in [0, 0.05) is 42.2 Å². The average molecular weight is 345 g/mol. The summed E-state index contributed by atoms with van der Waals surface area (Å²) in [5.74, 6) is 0. The first-order valence-electron chi connectivity index (χ1n) is 7.97. The number of aromatic nitrogens is 1. The lowest BCUT2D eigenvalue weighted by Gasteiger charge is -2.17. The van der Waals surface area contributed by atoms with E-state index in [9.17, 15) is 0 Å². The molecule has 0 spiro atoms. The molecule has 1 aromatic heterocycles. The van der Waals surface area contributed by atoms with E-state index in [0.29, 0.717) is 0 Å². The van der Waals surface area contributed by atoms with Crippen molar-refractivity contribution in [3.05, 3.63) is 69.3 Å². The van der Waals surface area contributed by atoms with E-state index in [0.717, 1.165) is 42.5 Å². The number of benzene rings is 2. The molecule has 1 N–H and O–H groups in total. The summed E-state index contributed by atoms with van der Waals surface area (Å²) in [7, 11) is 0. The Hall–Kier alpha value is -1.48. The topological polar surface area (TPSA) is 17.0 Å². The standard InChI is InChI=1S/C19H18Cl2N2/c20-14-6-4-13(5-7-14)9-11-23-18-8-10-22-12-16(18)15-2-1-3-17(21)19(15)23/h1-7,22H,8-12H2. The minimum absolute atomic E-state index is 0.784. The van der Waals surface area contributed by atoms with Gasteiger partial charge in [-0.05, 0) is 35.7 Å². The van der Waals surface area contributed by atoms with Gasteiger partial charge >= 0.3 is 0 Å². The Morgan fingerprint density at radius 1 is 1.04 bits per heavy atom. The first-order chi connectivity index (χ1) is 11.2. The van der Waals surface area contributed by atoms with Gasteiger partial charge in [-0.1, -0.05) is 47.5 Å². The van der Waals surface area contributed by atoms with Crippen LogP contribution >= 0.6 is 23.2 Å². The monoisotopic (exact) mass is 344 g/mol. The van der Waals surface area contributed by atoms with Crippen molar-refractivity contribution in [3.63, 3.8) is 0 Å². The van der Waals surface area contributed by atoms with Crippen molar-refractivity contribution >= 4 is 34.1 Å². The predicted octanol–water partition coefficient (Wildman–Crippen LogP) is 4.84. The maximum Gasteiger partial charge on any atom is 0.0675 e. The highest BCUT2D eigenvalue weighted by Gasteiger charge is 2.20. The number of para-hydroxylation sites is 1. The summed E-state index contributed by atoms with van der Waals surface area (Å²) in [4.78, 5) is 0. The van der Waals surface area contributed by atoms with Gasteiger partial charge in [-0.2, -0.15) is 0 Å². The molecule has 0 radical (unpaired) electrons. The Kier molecular flexibility index (Phi) is 4.06. The molecule has 3 aromatic rings. The molecule has 0 fully saturated rings. The summed E-state index contributed by atoms with van der Waals surface area (Å²) in [5.41, 5.74) is 5.31. The van der Waals surface area contributed by atoms with Crippen LogP contribution in [0.4, 0.5) is 0 Å². The molecule has 2 aromatic carbocycles. The highest BCUT2D eigenvalue weighted by Crippen LogP contribution is 2.33. The lowest BCUT2D eigenvalue weighted by molar-refractivity contribution is 0.594. The number of halogens is 2. The van der Waals surface area contributed by atoms with Gasteiger partial charge in [0.05, 0.1) is 10.5 Å². The Balaban J connectivity index is 1.75. The first kappa shape index (κ1) is 15.1. The predicted molar refractivity (Wildman–Crippen MR) is 97.5 cm³/mol. The first-order valence-corrected chi connectivity index (χ1v) is 8.73. The van der Waals surface area contributed by atoms with Crippen molar-refractivity contribution in [2.75, 3.05) is 6.54 Å². The zero-order valence-corrected chi connectivity index (χ0v) is 14.3. The van der Waals surface area contributed by atoms with Crippen molar-refractivity contribution in [2.45, 2.75) is 25.9 Å². The van der Waals surface area contributed by atoms with Crippen molar-refractivity contribution < 1.29 is 0 Å². The number of hydrogen-bond acceptors (Lipinski definition) is 1. The average Bonchev–Trinajstić information content (AvgIpc) is 2.90. The zero-order valence-electron chi connectivity index (χ0n) is 12.8. The Morgan fingerprint density at radius 3 is 2.70 bits per heavy atom. The molecule has 0 saturated heterocycles. The van der Waals surface area contributed by atoms with Gasteiger partial charge < -0.3 is 9.88 Å². The van der Waals surface area contributed by atoms with E-state index in [1.807, 2.05) is 24.3 Å². The third-order valence-electron chi connectivity index (χ3n) is 4.63. The molecule has 0 aliphatic carbocycles. The van der Waals surface area contributed by atoms with Crippen LogP contribution in [0.2, 0.25) is 10.0 Å². The minimum atomic E-state index is 0.784. The van der Waals surface area contributed by atoms with Crippen molar-refractivity contribution in [1.29, 1.82) is 0 Å². The molecule has 4 heteroatoms. The fraction of sp³-hybridized carbons (Fsp3) is 0.263. The molecule has 2 heterocycles. The number of aryl methyl sites for hydroxylation is 2. The molecule has 118 valence electrons. The lowest BCUT2D eigenvalue weighted by Crippen LogP contribution is -2.24. The molecule has 1 aliphatic heterocycles. The van der Waals surface area contributed by atoms with Gasteiger partial charge in [-0.15, -0.1) is 0 Å². The Bertz CT molecular complexity index is 850. The maximum absolute atomic E-state index is 6.53.